The Morgan fingerprint density at radius 3 is 2.86 bits per heavy atom. The molecule has 7 heteroatoms. The highest BCUT2D eigenvalue weighted by molar-refractivity contribution is 5.79. The lowest BCUT2D eigenvalue weighted by molar-refractivity contribution is -0.384. The fraction of sp³-hybridized carbons (Fsp3) is 0.500. The van der Waals surface area contributed by atoms with E-state index in [1.807, 2.05) is 0 Å². The van der Waals surface area contributed by atoms with Crippen molar-refractivity contribution in [1.82, 2.24) is 9.80 Å². The number of carbonyl (C=O) groups excluding carboxylic acids is 1. The number of aldehydes is 1. The average Bonchev–Trinajstić information content (AvgIpc) is 2.48. The van der Waals surface area contributed by atoms with E-state index in [4.69, 9.17) is 0 Å². The van der Waals surface area contributed by atoms with Gasteiger partial charge in [0.2, 0.25) is 0 Å². The monoisotopic (exact) mass is 292 g/mol. The van der Waals surface area contributed by atoms with Gasteiger partial charge in [0.05, 0.1) is 4.92 Å². The third-order valence-electron chi connectivity index (χ3n) is 3.86. The molecule has 1 aromatic carbocycles. The first-order chi connectivity index (χ1) is 10.0. The number of benzene rings is 1. The molecule has 1 saturated heterocycles. The number of hydrogen-bond donors (Lipinski definition) is 1. The first-order valence-corrected chi connectivity index (χ1v) is 6.87. The second kappa shape index (κ2) is 6.64. The van der Waals surface area contributed by atoms with Crippen LogP contribution in [0.3, 0.4) is 0 Å². The minimum Gasteiger partial charge on any atom is -0.378 e. The Morgan fingerprint density at radius 2 is 2.19 bits per heavy atom. The summed E-state index contributed by atoms with van der Waals surface area (Å²) < 4.78 is 0. The second-order valence-electron chi connectivity index (χ2n) is 5.43. The molecule has 114 valence electrons. The van der Waals surface area contributed by atoms with Crippen molar-refractivity contribution in [3.63, 3.8) is 0 Å². The number of nitro groups is 1. The van der Waals surface area contributed by atoms with E-state index in [2.05, 4.69) is 29.2 Å². The minimum absolute atomic E-state index is 0.0635. The third kappa shape index (κ3) is 3.77. The van der Waals surface area contributed by atoms with Crippen LogP contribution < -0.4 is 5.32 Å². The van der Waals surface area contributed by atoms with E-state index in [1.54, 1.807) is 12.1 Å². The Morgan fingerprint density at radius 1 is 1.43 bits per heavy atom. The summed E-state index contributed by atoms with van der Waals surface area (Å²) in [5.74, 6) is 0. The fourth-order valence-electron chi connectivity index (χ4n) is 2.47. The molecule has 1 unspecified atom stereocenters. The molecule has 21 heavy (non-hydrogen) atoms. The third-order valence-corrected chi connectivity index (χ3v) is 3.86. The molecule has 1 atom stereocenters. The molecule has 1 N–H and O–H groups in total. The van der Waals surface area contributed by atoms with Gasteiger partial charge in [-0.1, -0.05) is 0 Å². The summed E-state index contributed by atoms with van der Waals surface area (Å²) in [7, 11) is 4.13. The predicted molar refractivity (Wildman–Crippen MR) is 80.9 cm³/mol. The minimum atomic E-state index is -0.466. The summed E-state index contributed by atoms with van der Waals surface area (Å²) in [6.07, 6.45) is 0.612. The van der Waals surface area contributed by atoms with Crippen LogP contribution in [0.1, 0.15) is 10.4 Å². The quantitative estimate of drug-likeness (QED) is 0.497. The van der Waals surface area contributed by atoms with Crippen LogP contribution >= 0.6 is 0 Å². The summed E-state index contributed by atoms with van der Waals surface area (Å²) in [6, 6.07) is 4.77. The number of hydrogen-bond acceptors (Lipinski definition) is 6. The number of nitrogens with zero attached hydrogens (tertiary/aromatic N) is 3. The fourth-order valence-corrected chi connectivity index (χ4v) is 2.47. The molecular weight excluding hydrogens is 272 g/mol. The van der Waals surface area contributed by atoms with Gasteiger partial charge in [0.15, 0.2) is 0 Å². The topological polar surface area (TPSA) is 78.7 Å². The van der Waals surface area contributed by atoms with Crippen LogP contribution in [-0.2, 0) is 0 Å². The summed E-state index contributed by atoms with van der Waals surface area (Å²) in [5, 5.41) is 14.2. The van der Waals surface area contributed by atoms with Crippen molar-refractivity contribution in [2.24, 2.45) is 0 Å². The van der Waals surface area contributed by atoms with E-state index < -0.39 is 4.92 Å². The van der Waals surface area contributed by atoms with E-state index >= 15 is 0 Å². The number of nitrogens with one attached hydrogen (secondary N) is 1. The lowest BCUT2D eigenvalue weighted by Crippen LogP contribution is -2.52. The van der Waals surface area contributed by atoms with E-state index in [0.29, 0.717) is 30.1 Å². The number of piperazine rings is 1. The van der Waals surface area contributed by atoms with Gasteiger partial charge in [0, 0.05) is 43.9 Å². The summed E-state index contributed by atoms with van der Waals surface area (Å²) >= 11 is 0. The van der Waals surface area contributed by atoms with Crippen LogP contribution in [0.4, 0.5) is 11.4 Å². The van der Waals surface area contributed by atoms with E-state index in [0.717, 1.165) is 19.6 Å². The second-order valence-corrected chi connectivity index (χ2v) is 5.43. The smallest absolute Gasteiger partial charge is 0.293 e. The summed E-state index contributed by atoms with van der Waals surface area (Å²) in [4.78, 5) is 25.8. The number of nitro benzene ring substituents is 1. The van der Waals surface area contributed by atoms with E-state index in [9.17, 15) is 14.9 Å². The molecule has 1 aromatic rings. The number of likely N-dealkylation sites (N-methyl/N-ethyl adjacent to an activating group) is 2. The maximum atomic E-state index is 11.1. The van der Waals surface area contributed by atoms with Crippen molar-refractivity contribution in [2.75, 3.05) is 45.6 Å². The molecule has 7 nitrogen and oxygen atoms in total. The van der Waals surface area contributed by atoms with Crippen molar-refractivity contribution in [3.05, 3.63) is 33.9 Å². The Hall–Kier alpha value is -1.99. The van der Waals surface area contributed by atoms with Gasteiger partial charge in [0.25, 0.3) is 5.69 Å². The first kappa shape index (κ1) is 15.4. The zero-order valence-corrected chi connectivity index (χ0v) is 12.3. The molecule has 0 bridgehead atoms. The lowest BCUT2D eigenvalue weighted by Gasteiger charge is -2.37. The molecule has 1 aliphatic heterocycles. The maximum absolute atomic E-state index is 11.1. The molecule has 2 rings (SSSR count). The van der Waals surface area contributed by atoms with Crippen molar-refractivity contribution in [1.29, 1.82) is 0 Å². The zero-order valence-electron chi connectivity index (χ0n) is 12.3. The van der Waals surface area contributed by atoms with Crippen molar-refractivity contribution < 1.29 is 9.72 Å². The SMILES string of the molecule is CN1CCN(C)C(CNc2ccc(C=O)cc2[N+](=O)[O-])C1. The Bertz CT molecular complexity index is 535. The molecule has 0 aromatic heterocycles. The van der Waals surface area contributed by atoms with Crippen LogP contribution in [0.15, 0.2) is 18.2 Å². The predicted octanol–water partition coefficient (Wildman–Crippen LogP) is 1.06. The highest BCUT2D eigenvalue weighted by atomic mass is 16.6. The molecule has 1 fully saturated rings. The van der Waals surface area contributed by atoms with Gasteiger partial charge in [-0.05, 0) is 26.2 Å². The van der Waals surface area contributed by atoms with Crippen molar-refractivity contribution in [3.8, 4) is 0 Å². The Labute approximate surface area is 123 Å². The van der Waals surface area contributed by atoms with E-state index in [1.165, 1.54) is 6.07 Å². The standard InChI is InChI=1S/C14H20N4O3/c1-16-5-6-17(2)12(9-16)8-15-13-4-3-11(10-19)7-14(13)18(20)21/h3-4,7,10,12,15H,5-6,8-9H2,1-2H3. The van der Waals surface area contributed by atoms with Gasteiger partial charge in [-0.25, -0.2) is 0 Å². The molecule has 0 saturated carbocycles. The molecule has 0 amide bonds. The van der Waals surface area contributed by atoms with Gasteiger partial charge in [-0.2, -0.15) is 0 Å². The zero-order chi connectivity index (χ0) is 15.4. The highest BCUT2D eigenvalue weighted by Gasteiger charge is 2.23. The van der Waals surface area contributed by atoms with Crippen LogP contribution in [0.5, 0.6) is 0 Å². The average molecular weight is 292 g/mol. The largest absolute Gasteiger partial charge is 0.378 e. The maximum Gasteiger partial charge on any atom is 0.293 e. The summed E-state index contributed by atoms with van der Waals surface area (Å²) in [6.45, 7) is 3.56. The molecule has 0 spiro atoms. The van der Waals surface area contributed by atoms with Gasteiger partial charge < -0.3 is 10.2 Å². The highest BCUT2D eigenvalue weighted by Crippen LogP contribution is 2.25. The van der Waals surface area contributed by atoms with Gasteiger partial charge in [-0.15, -0.1) is 0 Å². The van der Waals surface area contributed by atoms with Crippen LogP contribution in [-0.4, -0.2) is 67.3 Å². The van der Waals surface area contributed by atoms with Gasteiger partial charge in [0.1, 0.15) is 12.0 Å². The van der Waals surface area contributed by atoms with Crippen LogP contribution in [0.25, 0.3) is 0 Å². The molecule has 1 aliphatic rings. The number of rotatable bonds is 5. The van der Waals surface area contributed by atoms with Crippen molar-refractivity contribution in [2.45, 2.75) is 6.04 Å². The summed E-state index contributed by atoms with van der Waals surface area (Å²) in [5.41, 5.74) is 0.695. The molecule has 1 heterocycles. The number of anilines is 1. The number of carbonyl (C=O) groups is 1. The lowest BCUT2D eigenvalue weighted by atomic mass is 10.1. The molecular formula is C14H20N4O3. The van der Waals surface area contributed by atoms with Crippen LogP contribution in [0, 0.1) is 10.1 Å². The molecule has 0 aliphatic carbocycles. The Kier molecular flexibility index (Phi) is 4.87. The van der Waals surface area contributed by atoms with Gasteiger partial charge in [-0.3, -0.25) is 19.8 Å². The normalized spacial score (nSPS) is 20.2. The molecule has 0 radical (unpaired) electrons. The van der Waals surface area contributed by atoms with Gasteiger partial charge >= 0.3 is 0 Å². The Balaban J connectivity index is 2.08. The van der Waals surface area contributed by atoms with Crippen LogP contribution in [0.2, 0.25) is 0 Å². The van der Waals surface area contributed by atoms with Crippen molar-refractivity contribution >= 4 is 17.7 Å². The van der Waals surface area contributed by atoms with E-state index in [-0.39, 0.29) is 5.69 Å². The first-order valence-electron chi connectivity index (χ1n) is 6.87.